The lowest BCUT2D eigenvalue weighted by molar-refractivity contribution is -0.128. The zero-order valence-electron chi connectivity index (χ0n) is 14.8. The minimum atomic E-state index is -0.675. The summed E-state index contributed by atoms with van der Waals surface area (Å²) in [6.45, 7) is 5.36. The van der Waals surface area contributed by atoms with Gasteiger partial charge in [-0.25, -0.2) is 0 Å². The van der Waals surface area contributed by atoms with Crippen molar-refractivity contribution in [1.82, 2.24) is 5.32 Å². The molecule has 25 heavy (non-hydrogen) atoms. The van der Waals surface area contributed by atoms with E-state index in [-0.39, 0.29) is 18.3 Å². The zero-order chi connectivity index (χ0) is 17.4. The van der Waals surface area contributed by atoms with E-state index in [1.807, 2.05) is 48.5 Å². The molecule has 0 fully saturated rings. The van der Waals surface area contributed by atoms with Gasteiger partial charge in [0.05, 0.1) is 0 Å². The van der Waals surface area contributed by atoms with Crippen LogP contribution < -0.4 is 15.8 Å². The van der Waals surface area contributed by atoms with Crippen LogP contribution in [-0.2, 0) is 4.79 Å². The number of amides is 1. The van der Waals surface area contributed by atoms with Crippen LogP contribution in [0.25, 0.3) is 0 Å². The van der Waals surface area contributed by atoms with Gasteiger partial charge in [0.25, 0.3) is 5.91 Å². The molecule has 2 aromatic carbocycles. The Labute approximate surface area is 156 Å². The third-order valence-corrected chi connectivity index (χ3v) is 3.80. The fourth-order valence-corrected chi connectivity index (χ4v) is 2.39. The summed E-state index contributed by atoms with van der Waals surface area (Å²) in [5.41, 5.74) is 7.50. The molecule has 1 atom stereocenters. The van der Waals surface area contributed by atoms with Crippen molar-refractivity contribution >= 4 is 18.3 Å². The van der Waals surface area contributed by atoms with Crippen molar-refractivity contribution in [1.29, 1.82) is 0 Å². The molecule has 0 heterocycles. The van der Waals surface area contributed by atoms with E-state index in [1.54, 1.807) is 0 Å². The summed E-state index contributed by atoms with van der Waals surface area (Å²) in [6, 6.07) is 17.4. The topological polar surface area (TPSA) is 64.3 Å². The molecule has 3 N–H and O–H groups in total. The quantitative estimate of drug-likeness (QED) is 0.702. The van der Waals surface area contributed by atoms with Crippen molar-refractivity contribution in [3.63, 3.8) is 0 Å². The van der Waals surface area contributed by atoms with Gasteiger partial charge in [0.2, 0.25) is 6.10 Å². The molecule has 136 valence electrons. The Morgan fingerprint density at radius 2 is 1.76 bits per heavy atom. The highest BCUT2D eigenvalue weighted by Crippen LogP contribution is 2.25. The zero-order valence-corrected chi connectivity index (χ0v) is 15.6. The van der Waals surface area contributed by atoms with E-state index in [0.29, 0.717) is 24.8 Å². The number of halogens is 1. The molecule has 0 aliphatic carbocycles. The molecule has 1 unspecified atom stereocenters. The van der Waals surface area contributed by atoms with Crippen LogP contribution in [-0.4, -0.2) is 19.0 Å². The normalized spacial score (nSPS) is 11.5. The van der Waals surface area contributed by atoms with Gasteiger partial charge in [-0.1, -0.05) is 56.3 Å². The first-order valence-corrected chi connectivity index (χ1v) is 8.41. The Balaban J connectivity index is 0.00000312. The summed E-state index contributed by atoms with van der Waals surface area (Å²) >= 11 is 0. The average molecular weight is 363 g/mol. The lowest BCUT2D eigenvalue weighted by atomic mass is 10.0. The molecule has 0 aliphatic heterocycles. The number of carbonyl (C=O) groups excluding carboxylic acids is 1. The van der Waals surface area contributed by atoms with Crippen LogP contribution in [0.5, 0.6) is 5.75 Å². The Kier molecular flexibility index (Phi) is 9.03. The van der Waals surface area contributed by atoms with Gasteiger partial charge in [-0.15, -0.1) is 12.4 Å². The number of benzene rings is 2. The van der Waals surface area contributed by atoms with Gasteiger partial charge in [-0.2, -0.15) is 0 Å². The molecular formula is C20H27ClN2O2. The highest BCUT2D eigenvalue weighted by Gasteiger charge is 2.22. The highest BCUT2D eigenvalue weighted by atomic mass is 35.5. The number of hydrogen-bond acceptors (Lipinski definition) is 3. The smallest absolute Gasteiger partial charge is 0.265 e. The van der Waals surface area contributed by atoms with Crippen molar-refractivity contribution in [3.05, 3.63) is 65.7 Å². The van der Waals surface area contributed by atoms with Crippen molar-refractivity contribution in [2.45, 2.75) is 32.3 Å². The van der Waals surface area contributed by atoms with E-state index in [4.69, 9.17) is 10.5 Å². The maximum Gasteiger partial charge on any atom is 0.265 e. The van der Waals surface area contributed by atoms with E-state index in [9.17, 15) is 4.79 Å². The van der Waals surface area contributed by atoms with Crippen molar-refractivity contribution in [3.8, 4) is 5.75 Å². The van der Waals surface area contributed by atoms with Gasteiger partial charge in [0.1, 0.15) is 5.75 Å². The molecular weight excluding hydrogens is 336 g/mol. The Morgan fingerprint density at radius 1 is 1.08 bits per heavy atom. The van der Waals surface area contributed by atoms with Crippen LogP contribution in [0.4, 0.5) is 0 Å². The number of nitrogens with one attached hydrogen (secondary N) is 1. The lowest BCUT2D eigenvalue weighted by Gasteiger charge is -2.20. The minimum absolute atomic E-state index is 0. The second kappa shape index (κ2) is 10.7. The number of rotatable bonds is 8. The fourth-order valence-electron chi connectivity index (χ4n) is 2.39. The standard InChI is InChI=1S/C20H26N2O2.ClH/c1-15(2)17-10-6-11-18(14-17)24-19(16-8-4-3-5-9-16)20(23)22-13-7-12-21;/h3-6,8-11,14-15,19H,7,12-13,21H2,1-2H3,(H,22,23);1H. The highest BCUT2D eigenvalue weighted by molar-refractivity contribution is 5.85. The molecule has 4 nitrogen and oxygen atoms in total. The van der Waals surface area contributed by atoms with E-state index >= 15 is 0 Å². The van der Waals surface area contributed by atoms with E-state index in [1.165, 1.54) is 5.56 Å². The Bertz CT molecular complexity index is 647. The first-order valence-electron chi connectivity index (χ1n) is 8.41. The molecule has 0 radical (unpaired) electrons. The predicted molar refractivity (Wildman–Crippen MR) is 104 cm³/mol. The second-order valence-corrected chi connectivity index (χ2v) is 6.07. The molecule has 2 rings (SSSR count). The maximum absolute atomic E-state index is 12.6. The summed E-state index contributed by atoms with van der Waals surface area (Å²) in [5.74, 6) is 0.954. The number of hydrogen-bond donors (Lipinski definition) is 2. The van der Waals surface area contributed by atoms with Crippen LogP contribution in [0, 0.1) is 0 Å². The van der Waals surface area contributed by atoms with Crippen LogP contribution >= 0.6 is 12.4 Å². The third kappa shape index (κ3) is 6.40. The number of nitrogens with two attached hydrogens (primary N) is 1. The van der Waals surface area contributed by atoms with Crippen molar-refractivity contribution in [2.75, 3.05) is 13.1 Å². The summed E-state index contributed by atoms with van der Waals surface area (Å²) in [7, 11) is 0. The summed E-state index contributed by atoms with van der Waals surface area (Å²) in [4.78, 5) is 12.6. The van der Waals surface area contributed by atoms with Gasteiger partial charge < -0.3 is 15.8 Å². The maximum atomic E-state index is 12.6. The minimum Gasteiger partial charge on any atom is -0.476 e. The first kappa shape index (κ1) is 21.0. The van der Waals surface area contributed by atoms with E-state index < -0.39 is 6.10 Å². The lowest BCUT2D eigenvalue weighted by Crippen LogP contribution is -2.33. The Morgan fingerprint density at radius 3 is 2.40 bits per heavy atom. The molecule has 0 saturated carbocycles. The van der Waals surface area contributed by atoms with Crippen LogP contribution in [0.1, 0.15) is 43.4 Å². The van der Waals surface area contributed by atoms with Gasteiger partial charge in [0, 0.05) is 12.1 Å². The van der Waals surface area contributed by atoms with E-state index in [0.717, 1.165) is 12.0 Å². The van der Waals surface area contributed by atoms with Crippen molar-refractivity contribution < 1.29 is 9.53 Å². The van der Waals surface area contributed by atoms with Crippen LogP contribution in [0.3, 0.4) is 0 Å². The largest absolute Gasteiger partial charge is 0.476 e. The number of carbonyl (C=O) groups is 1. The molecule has 5 heteroatoms. The molecule has 1 amide bonds. The first-order chi connectivity index (χ1) is 11.6. The SMILES string of the molecule is CC(C)c1cccc(OC(C(=O)NCCCN)c2ccccc2)c1.Cl. The van der Waals surface area contributed by atoms with Crippen molar-refractivity contribution in [2.24, 2.45) is 5.73 Å². The monoisotopic (exact) mass is 362 g/mol. The number of ether oxygens (including phenoxy) is 1. The fraction of sp³-hybridized carbons (Fsp3) is 0.350. The average Bonchev–Trinajstić information content (AvgIpc) is 2.60. The van der Waals surface area contributed by atoms with Gasteiger partial charge in [-0.05, 0) is 36.6 Å². The third-order valence-electron chi connectivity index (χ3n) is 3.80. The molecule has 0 aliphatic rings. The summed E-state index contributed by atoms with van der Waals surface area (Å²) in [5, 5.41) is 2.90. The summed E-state index contributed by atoms with van der Waals surface area (Å²) in [6.07, 6.45) is 0.0715. The van der Waals surface area contributed by atoms with Crippen LogP contribution in [0.15, 0.2) is 54.6 Å². The van der Waals surface area contributed by atoms with Gasteiger partial charge in [-0.3, -0.25) is 4.79 Å². The molecule has 2 aromatic rings. The molecule has 0 spiro atoms. The molecule has 0 saturated heterocycles. The second-order valence-electron chi connectivity index (χ2n) is 6.07. The van der Waals surface area contributed by atoms with Gasteiger partial charge in [0.15, 0.2) is 0 Å². The molecule has 0 bridgehead atoms. The molecule has 0 aromatic heterocycles. The van der Waals surface area contributed by atoms with E-state index in [2.05, 4.69) is 25.2 Å². The Hall–Kier alpha value is -2.04. The summed E-state index contributed by atoms with van der Waals surface area (Å²) < 4.78 is 6.04. The predicted octanol–water partition coefficient (Wildman–Crippen LogP) is 3.82. The van der Waals surface area contributed by atoms with Crippen LogP contribution in [0.2, 0.25) is 0 Å². The van der Waals surface area contributed by atoms with Gasteiger partial charge >= 0.3 is 0 Å².